The number of nitrogens with zero attached hydrogens (tertiary/aromatic N) is 2. The zero-order chi connectivity index (χ0) is 27.4. The van der Waals surface area contributed by atoms with Gasteiger partial charge >= 0.3 is 11.9 Å². The van der Waals surface area contributed by atoms with Crippen molar-refractivity contribution < 1.29 is 24.0 Å². The fraction of sp³-hybridized carbons (Fsp3) is 0.379. The molecule has 2 aliphatic rings. The number of nitro groups is 1. The summed E-state index contributed by atoms with van der Waals surface area (Å²) in [6.45, 7) is 7.97. The number of rotatable bonds is 7. The highest BCUT2D eigenvalue weighted by Crippen LogP contribution is 2.40. The van der Waals surface area contributed by atoms with Gasteiger partial charge in [-0.25, -0.2) is 9.59 Å². The number of methoxy groups -OCH3 is 1. The molecule has 1 unspecified atom stereocenters. The minimum atomic E-state index is -0.863. The molecule has 4 rings (SSSR count). The van der Waals surface area contributed by atoms with E-state index >= 15 is 0 Å². The fourth-order valence-electron chi connectivity index (χ4n) is 5.27. The van der Waals surface area contributed by atoms with Crippen LogP contribution in [0, 0.1) is 17.0 Å². The van der Waals surface area contributed by atoms with Crippen molar-refractivity contribution in [3.8, 4) is 0 Å². The lowest BCUT2D eigenvalue weighted by Gasteiger charge is -2.34. The lowest BCUT2D eigenvalue weighted by molar-refractivity contribution is -0.384. The quantitative estimate of drug-likeness (QED) is 0.290. The predicted molar refractivity (Wildman–Crippen MR) is 149 cm³/mol. The summed E-state index contributed by atoms with van der Waals surface area (Å²) >= 11 is 0. The van der Waals surface area contributed by atoms with E-state index in [0.29, 0.717) is 29.8 Å². The van der Waals surface area contributed by atoms with Crippen molar-refractivity contribution in [2.24, 2.45) is 0 Å². The van der Waals surface area contributed by atoms with E-state index in [9.17, 15) is 19.7 Å². The minimum absolute atomic E-state index is 0. The highest BCUT2D eigenvalue weighted by atomic mass is 35.5. The Bertz CT molecular complexity index is 1310. The average molecular weight is 556 g/mol. The summed E-state index contributed by atoms with van der Waals surface area (Å²) in [5.74, 6) is -2.02. The molecule has 2 aromatic carbocycles. The van der Waals surface area contributed by atoms with E-state index < -0.39 is 22.8 Å². The lowest BCUT2D eigenvalue weighted by atomic mass is 9.80. The number of esters is 2. The van der Waals surface area contributed by atoms with E-state index in [1.807, 2.05) is 0 Å². The van der Waals surface area contributed by atoms with E-state index in [0.717, 1.165) is 19.6 Å². The molecule has 0 spiro atoms. The van der Waals surface area contributed by atoms with Gasteiger partial charge < -0.3 is 14.8 Å². The van der Waals surface area contributed by atoms with Crippen LogP contribution in [0.4, 0.5) is 5.69 Å². The Morgan fingerprint density at radius 2 is 1.64 bits per heavy atom. The first kappa shape index (κ1) is 29.9. The first-order chi connectivity index (χ1) is 18.2. The standard InChI is InChI=1S/C29H33N3O6.ClH/c1-18-7-5-8-21(15-18)17-31-13-11-24(12-14-31)38-29(34)26-20(3)30-19(2)25(28(33)37-4)27(26)22-9-6-10-23(16-22)32(35)36;/h5-10,15-16,24,27,30H,11-14,17H2,1-4H3;1H. The van der Waals surface area contributed by atoms with Gasteiger partial charge in [0.25, 0.3) is 5.69 Å². The number of hydrogen-bond donors (Lipinski definition) is 1. The Kier molecular flexibility index (Phi) is 9.88. The third-order valence-electron chi connectivity index (χ3n) is 7.10. The van der Waals surface area contributed by atoms with Gasteiger partial charge in [0.1, 0.15) is 6.10 Å². The summed E-state index contributed by atoms with van der Waals surface area (Å²) in [7, 11) is 1.26. The number of non-ortho nitro benzene ring substituents is 1. The second-order valence-electron chi connectivity index (χ2n) is 9.85. The van der Waals surface area contributed by atoms with E-state index in [2.05, 4.69) is 41.4 Å². The zero-order valence-corrected chi connectivity index (χ0v) is 23.4. The molecule has 39 heavy (non-hydrogen) atoms. The van der Waals surface area contributed by atoms with E-state index in [1.54, 1.807) is 26.0 Å². The van der Waals surface area contributed by atoms with Gasteiger partial charge in [0.2, 0.25) is 0 Å². The summed E-state index contributed by atoms with van der Waals surface area (Å²) < 4.78 is 11.0. The smallest absolute Gasteiger partial charge is 0.337 e. The summed E-state index contributed by atoms with van der Waals surface area (Å²) in [5.41, 5.74) is 4.32. The van der Waals surface area contributed by atoms with Crippen molar-refractivity contribution in [3.63, 3.8) is 0 Å². The number of aryl methyl sites for hydroxylation is 1. The van der Waals surface area contributed by atoms with Crippen LogP contribution < -0.4 is 5.32 Å². The van der Waals surface area contributed by atoms with Crippen LogP contribution in [0.3, 0.4) is 0 Å². The molecular weight excluding hydrogens is 522 g/mol. The molecule has 0 saturated carbocycles. The van der Waals surface area contributed by atoms with E-state index in [4.69, 9.17) is 9.47 Å². The molecule has 0 bridgehead atoms. The lowest BCUT2D eigenvalue weighted by Crippen LogP contribution is -2.39. The molecule has 1 saturated heterocycles. The minimum Gasteiger partial charge on any atom is -0.466 e. The van der Waals surface area contributed by atoms with Crippen molar-refractivity contribution in [2.75, 3.05) is 20.2 Å². The Morgan fingerprint density at radius 1 is 1.00 bits per heavy atom. The van der Waals surface area contributed by atoms with Gasteiger partial charge in [-0.05, 0) is 44.7 Å². The van der Waals surface area contributed by atoms with Crippen LogP contribution in [-0.2, 0) is 25.6 Å². The molecular formula is C29H34ClN3O6. The molecule has 2 aromatic rings. The fourth-order valence-corrected chi connectivity index (χ4v) is 5.27. The molecule has 208 valence electrons. The molecule has 0 radical (unpaired) electrons. The van der Waals surface area contributed by atoms with Gasteiger partial charge in [0.05, 0.1) is 29.1 Å². The van der Waals surface area contributed by atoms with Crippen molar-refractivity contribution in [1.29, 1.82) is 0 Å². The molecule has 1 fully saturated rings. The van der Waals surface area contributed by atoms with Crippen LogP contribution in [0.5, 0.6) is 0 Å². The molecule has 2 heterocycles. The number of carbonyl (C=O) groups excluding carboxylic acids is 2. The maximum Gasteiger partial charge on any atom is 0.337 e. The van der Waals surface area contributed by atoms with Crippen molar-refractivity contribution in [3.05, 3.63) is 97.9 Å². The van der Waals surface area contributed by atoms with Crippen molar-refractivity contribution in [2.45, 2.75) is 52.2 Å². The number of halogens is 1. The van der Waals surface area contributed by atoms with Gasteiger partial charge in [-0.15, -0.1) is 12.4 Å². The molecule has 2 aliphatic heterocycles. The number of nitrogens with one attached hydrogen (secondary N) is 1. The number of dihydropyridines is 1. The number of piperidine rings is 1. The molecule has 10 heteroatoms. The normalized spacial score (nSPS) is 18.2. The van der Waals surface area contributed by atoms with E-state index in [-0.39, 0.29) is 35.3 Å². The third kappa shape index (κ3) is 6.85. The van der Waals surface area contributed by atoms with Crippen LogP contribution in [0.1, 0.15) is 49.3 Å². The number of ether oxygens (including phenoxy) is 2. The van der Waals surface area contributed by atoms with E-state index in [1.165, 1.54) is 30.4 Å². The second kappa shape index (κ2) is 12.9. The van der Waals surface area contributed by atoms with Gasteiger partial charge in [-0.3, -0.25) is 15.0 Å². The van der Waals surface area contributed by atoms with Gasteiger partial charge in [0.15, 0.2) is 0 Å². The SMILES string of the molecule is COC(=O)C1=C(C)NC(C)=C(C(=O)OC2CCN(Cc3cccc(C)c3)CC2)C1c1cccc([N+](=O)[O-])c1.Cl. The Labute approximate surface area is 234 Å². The van der Waals surface area contributed by atoms with Crippen LogP contribution >= 0.6 is 12.4 Å². The highest BCUT2D eigenvalue weighted by Gasteiger charge is 2.39. The average Bonchev–Trinajstić information content (AvgIpc) is 2.89. The van der Waals surface area contributed by atoms with Crippen molar-refractivity contribution >= 4 is 30.0 Å². The first-order valence-corrected chi connectivity index (χ1v) is 12.7. The predicted octanol–water partition coefficient (Wildman–Crippen LogP) is 4.94. The monoisotopic (exact) mass is 555 g/mol. The number of carbonyl (C=O) groups is 2. The number of benzene rings is 2. The first-order valence-electron chi connectivity index (χ1n) is 12.7. The molecule has 0 amide bonds. The maximum absolute atomic E-state index is 13.6. The number of hydrogen-bond acceptors (Lipinski definition) is 8. The van der Waals surface area contributed by atoms with Gasteiger partial charge in [-0.2, -0.15) is 0 Å². The van der Waals surface area contributed by atoms with Crippen LogP contribution in [-0.4, -0.2) is 48.1 Å². The Hall–Kier alpha value is -3.69. The van der Waals surface area contributed by atoms with Crippen LogP contribution in [0.25, 0.3) is 0 Å². The number of likely N-dealkylation sites (tertiary alicyclic amines) is 1. The Balaban J connectivity index is 0.00000420. The summed E-state index contributed by atoms with van der Waals surface area (Å²) in [5, 5.41) is 14.6. The maximum atomic E-state index is 13.6. The second-order valence-corrected chi connectivity index (χ2v) is 9.85. The zero-order valence-electron chi connectivity index (χ0n) is 22.6. The number of allylic oxidation sites excluding steroid dienone is 2. The van der Waals surface area contributed by atoms with Gasteiger partial charge in [-0.1, -0.05) is 42.0 Å². The summed E-state index contributed by atoms with van der Waals surface area (Å²) in [6.07, 6.45) is 1.12. The Morgan fingerprint density at radius 3 is 2.26 bits per heavy atom. The van der Waals surface area contributed by atoms with Crippen LogP contribution in [0.2, 0.25) is 0 Å². The summed E-state index contributed by atoms with van der Waals surface area (Å²) in [4.78, 5) is 39.7. The van der Waals surface area contributed by atoms with Crippen LogP contribution in [0.15, 0.2) is 71.1 Å². The molecule has 9 nitrogen and oxygen atoms in total. The number of nitro benzene ring substituents is 1. The highest BCUT2D eigenvalue weighted by molar-refractivity contribution is 6.00. The molecule has 0 aliphatic carbocycles. The topological polar surface area (TPSA) is 111 Å². The molecule has 1 atom stereocenters. The largest absolute Gasteiger partial charge is 0.466 e. The third-order valence-corrected chi connectivity index (χ3v) is 7.10. The molecule has 0 aromatic heterocycles. The van der Waals surface area contributed by atoms with Gasteiger partial charge in [0, 0.05) is 43.2 Å². The molecule has 1 N–H and O–H groups in total. The summed E-state index contributed by atoms with van der Waals surface area (Å²) in [6, 6.07) is 14.4. The van der Waals surface area contributed by atoms with Crippen molar-refractivity contribution in [1.82, 2.24) is 10.2 Å².